The average molecular weight is 239 g/mol. The lowest BCUT2D eigenvalue weighted by Crippen LogP contribution is -2.35. The van der Waals surface area contributed by atoms with Gasteiger partial charge in [-0.3, -0.25) is 4.99 Å². The molecule has 1 rings (SSSR count). The normalized spacial score (nSPS) is 11.1. The number of hydrogen-bond donors (Lipinski definition) is 2. The van der Waals surface area contributed by atoms with Crippen LogP contribution in [0, 0.1) is 5.82 Å². The van der Waals surface area contributed by atoms with Gasteiger partial charge in [-0.25, -0.2) is 4.39 Å². The quantitative estimate of drug-likeness (QED) is 0.463. The second-order valence-electron chi connectivity index (χ2n) is 3.40. The zero-order valence-corrected chi connectivity index (χ0v) is 10.2. The molecule has 94 valence electrons. The summed E-state index contributed by atoms with van der Waals surface area (Å²) in [5.74, 6) is 1.19. The van der Waals surface area contributed by atoms with Gasteiger partial charge in [0.25, 0.3) is 0 Å². The molecule has 0 radical (unpaired) electrons. The lowest BCUT2D eigenvalue weighted by Gasteiger charge is -2.09. The molecule has 0 saturated carbocycles. The van der Waals surface area contributed by atoms with Crippen LogP contribution in [-0.2, 0) is 0 Å². The molecule has 0 aliphatic heterocycles. The zero-order valence-electron chi connectivity index (χ0n) is 10.2. The van der Waals surface area contributed by atoms with E-state index in [0.717, 1.165) is 18.9 Å². The summed E-state index contributed by atoms with van der Waals surface area (Å²) in [5, 5.41) is 6.04. The number of hydrogen-bond acceptors (Lipinski definition) is 2. The van der Waals surface area contributed by atoms with Gasteiger partial charge in [-0.1, -0.05) is 0 Å². The molecule has 1 aromatic carbocycles. The van der Waals surface area contributed by atoms with E-state index in [4.69, 9.17) is 4.74 Å². The molecular weight excluding hydrogens is 221 g/mol. The summed E-state index contributed by atoms with van der Waals surface area (Å²) in [4.78, 5) is 3.98. The molecule has 2 N–H and O–H groups in total. The van der Waals surface area contributed by atoms with Crippen molar-refractivity contribution >= 4 is 5.96 Å². The molecule has 0 atom stereocenters. The van der Waals surface area contributed by atoms with Crippen LogP contribution >= 0.6 is 0 Å². The maximum Gasteiger partial charge on any atom is 0.190 e. The van der Waals surface area contributed by atoms with E-state index in [1.54, 1.807) is 19.2 Å². The monoisotopic (exact) mass is 239 g/mol. The molecule has 0 aliphatic carbocycles. The van der Waals surface area contributed by atoms with Crippen LogP contribution in [0.25, 0.3) is 0 Å². The first kappa shape index (κ1) is 13.3. The van der Waals surface area contributed by atoms with Gasteiger partial charge in [0.15, 0.2) is 5.96 Å². The fourth-order valence-electron chi connectivity index (χ4n) is 1.28. The van der Waals surface area contributed by atoms with Crippen LogP contribution < -0.4 is 15.4 Å². The molecule has 0 amide bonds. The van der Waals surface area contributed by atoms with Gasteiger partial charge in [-0.05, 0) is 30.7 Å². The second-order valence-corrected chi connectivity index (χ2v) is 3.40. The van der Waals surface area contributed by atoms with Crippen LogP contribution in [-0.4, -0.2) is 33.2 Å². The Morgan fingerprint density at radius 3 is 2.65 bits per heavy atom. The average Bonchev–Trinajstić information content (AvgIpc) is 2.36. The molecule has 0 aliphatic rings. The standard InChI is InChI=1S/C12H18FN3O/c1-14-12(15-2)16-8-3-9-17-11-6-4-10(13)5-7-11/h4-7H,3,8-9H2,1-2H3,(H2,14,15,16). The topological polar surface area (TPSA) is 45.7 Å². The smallest absolute Gasteiger partial charge is 0.190 e. The Labute approximate surface area is 101 Å². The van der Waals surface area contributed by atoms with E-state index in [2.05, 4.69) is 15.6 Å². The van der Waals surface area contributed by atoms with Crippen molar-refractivity contribution in [1.29, 1.82) is 0 Å². The Bertz CT molecular complexity index is 351. The Morgan fingerprint density at radius 2 is 2.06 bits per heavy atom. The number of benzene rings is 1. The molecule has 17 heavy (non-hydrogen) atoms. The molecule has 4 nitrogen and oxygen atoms in total. The highest BCUT2D eigenvalue weighted by Gasteiger charge is 1.95. The van der Waals surface area contributed by atoms with Crippen molar-refractivity contribution in [3.63, 3.8) is 0 Å². The Kier molecular flexibility index (Phi) is 5.85. The number of nitrogens with one attached hydrogen (secondary N) is 2. The van der Waals surface area contributed by atoms with Crippen LogP contribution in [0.15, 0.2) is 29.3 Å². The first-order valence-corrected chi connectivity index (χ1v) is 5.53. The molecule has 0 bridgehead atoms. The molecule has 0 unspecified atom stereocenters. The van der Waals surface area contributed by atoms with Crippen molar-refractivity contribution in [3.05, 3.63) is 30.1 Å². The predicted molar refractivity (Wildman–Crippen MR) is 66.9 cm³/mol. The predicted octanol–water partition coefficient (Wildman–Crippen LogP) is 1.39. The highest BCUT2D eigenvalue weighted by molar-refractivity contribution is 5.79. The third-order valence-corrected chi connectivity index (χ3v) is 2.16. The molecule has 5 heteroatoms. The third kappa shape index (κ3) is 5.19. The van der Waals surface area contributed by atoms with Crippen molar-refractivity contribution in [2.24, 2.45) is 4.99 Å². The summed E-state index contributed by atoms with van der Waals surface area (Å²) in [6, 6.07) is 6.01. The molecule has 0 saturated heterocycles. The van der Waals surface area contributed by atoms with Crippen LogP contribution in [0.3, 0.4) is 0 Å². The molecule has 0 aromatic heterocycles. The van der Waals surface area contributed by atoms with Gasteiger partial charge in [0.1, 0.15) is 11.6 Å². The zero-order chi connectivity index (χ0) is 12.5. The fourth-order valence-corrected chi connectivity index (χ4v) is 1.28. The molecule has 0 spiro atoms. The van der Waals surface area contributed by atoms with Crippen LogP contribution in [0.5, 0.6) is 5.75 Å². The largest absolute Gasteiger partial charge is 0.494 e. The maximum atomic E-state index is 12.6. The van der Waals surface area contributed by atoms with Gasteiger partial charge < -0.3 is 15.4 Å². The SMILES string of the molecule is CN=C(NC)NCCCOc1ccc(F)cc1. The van der Waals surface area contributed by atoms with E-state index in [1.165, 1.54) is 12.1 Å². The van der Waals surface area contributed by atoms with Gasteiger partial charge in [0.05, 0.1) is 6.61 Å². The minimum atomic E-state index is -0.253. The van der Waals surface area contributed by atoms with Gasteiger partial charge in [-0.15, -0.1) is 0 Å². The maximum absolute atomic E-state index is 12.6. The van der Waals surface area contributed by atoms with Gasteiger partial charge in [0.2, 0.25) is 0 Å². The van der Waals surface area contributed by atoms with E-state index in [0.29, 0.717) is 12.4 Å². The van der Waals surface area contributed by atoms with Crippen LogP contribution in [0.4, 0.5) is 4.39 Å². The number of nitrogens with zero attached hydrogens (tertiary/aromatic N) is 1. The van der Waals surface area contributed by atoms with Crippen molar-refractivity contribution < 1.29 is 9.13 Å². The summed E-state index contributed by atoms with van der Waals surface area (Å²) < 4.78 is 18.1. The first-order valence-electron chi connectivity index (χ1n) is 5.53. The van der Waals surface area contributed by atoms with Crippen molar-refractivity contribution in [2.75, 3.05) is 27.2 Å². The molecule has 1 aromatic rings. The molecule has 0 fully saturated rings. The van der Waals surface area contributed by atoms with Crippen molar-refractivity contribution in [3.8, 4) is 5.75 Å². The number of ether oxygens (including phenoxy) is 1. The first-order chi connectivity index (χ1) is 8.26. The highest BCUT2D eigenvalue weighted by Crippen LogP contribution is 2.10. The van der Waals surface area contributed by atoms with Crippen LogP contribution in [0.1, 0.15) is 6.42 Å². The summed E-state index contributed by atoms with van der Waals surface area (Å²) in [6.07, 6.45) is 0.845. The summed E-state index contributed by atoms with van der Waals surface area (Å²) in [6.45, 7) is 1.36. The van der Waals surface area contributed by atoms with Gasteiger partial charge in [-0.2, -0.15) is 0 Å². The van der Waals surface area contributed by atoms with E-state index in [-0.39, 0.29) is 5.82 Å². The van der Waals surface area contributed by atoms with Crippen molar-refractivity contribution in [2.45, 2.75) is 6.42 Å². The fraction of sp³-hybridized carbons (Fsp3) is 0.417. The highest BCUT2D eigenvalue weighted by atomic mass is 19.1. The number of aliphatic imine (C=N–C) groups is 1. The molecular formula is C12H18FN3O. The Morgan fingerprint density at radius 1 is 1.35 bits per heavy atom. The minimum absolute atomic E-state index is 0.253. The Balaban J connectivity index is 2.14. The molecule has 0 heterocycles. The number of halogens is 1. The Hall–Kier alpha value is -1.78. The lowest BCUT2D eigenvalue weighted by atomic mass is 10.3. The van der Waals surface area contributed by atoms with Crippen molar-refractivity contribution in [1.82, 2.24) is 10.6 Å². The second kappa shape index (κ2) is 7.49. The van der Waals surface area contributed by atoms with Crippen LogP contribution in [0.2, 0.25) is 0 Å². The minimum Gasteiger partial charge on any atom is -0.494 e. The van der Waals surface area contributed by atoms with Gasteiger partial charge >= 0.3 is 0 Å². The summed E-state index contributed by atoms with van der Waals surface area (Å²) in [7, 11) is 3.53. The van der Waals surface area contributed by atoms with E-state index >= 15 is 0 Å². The number of guanidine groups is 1. The van der Waals surface area contributed by atoms with E-state index in [1.807, 2.05) is 7.05 Å². The summed E-state index contributed by atoms with van der Waals surface area (Å²) >= 11 is 0. The van der Waals surface area contributed by atoms with E-state index in [9.17, 15) is 4.39 Å². The van der Waals surface area contributed by atoms with Gasteiger partial charge in [0, 0.05) is 20.6 Å². The third-order valence-electron chi connectivity index (χ3n) is 2.16. The lowest BCUT2D eigenvalue weighted by molar-refractivity contribution is 0.310. The number of rotatable bonds is 5. The summed E-state index contributed by atoms with van der Waals surface area (Å²) in [5.41, 5.74) is 0. The van der Waals surface area contributed by atoms with E-state index < -0.39 is 0 Å².